The first kappa shape index (κ1) is 21.2. The van der Waals surface area contributed by atoms with Gasteiger partial charge in [0.05, 0.1) is 28.9 Å². The van der Waals surface area contributed by atoms with E-state index in [4.69, 9.17) is 17.3 Å². The second-order valence-corrected chi connectivity index (χ2v) is 7.11. The zero-order valence-corrected chi connectivity index (χ0v) is 18.0. The molecule has 12 nitrogen and oxygen atoms in total. The molecule has 0 radical (unpaired) electrons. The van der Waals surface area contributed by atoms with Crippen molar-refractivity contribution in [1.29, 1.82) is 0 Å². The number of halogens is 1. The normalized spacial score (nSPS) is 11.3. The van der Waals surface area contributed by atoms with Crippen molar-refractivity contribution in [2.24, 2.45) is 5.10 Å². The molecule has 0 aliphatic carbocycles. The van der Waals surface area contributed by atoms with Crippen molar-refractivity contribution in [2.75, 3.05) is 5.73 Å². The molecule has 0 aliphatic rings. The van der Waals surface area contributed by atoms with Gasteiger partial charge in [-0.2, -0.15) is 14.9 Å². The van der Waals surface area contributed by atoms with Gasteiger partial charge < -0.3 is 5.73 Å². The lowest BCUT2D eigenvalue weighted by Gasteiger charge is -2.03. The number of carbonyl (C=O) groups excluding carboxylic acids is 1. The van der Waals surface area contributed by atoms with Gasteiger partial charge in [-0.15, -0.1) is 5.10 Å². The quantitative estimate of drug-likeness (QED) is 0.317. The molecular formula is C19H19ClN10O2. The lowest BCUT2D eigenvalue weighted by atomic mass is 10.2. The first-order valence-electron chi connectivity index (χ1n) is 9.68. The van der Waals surface area contributed by atoms with E-state index in [-0.39, 0.29) is 17.3 Å². The molecule has 3 aromatic heterocycles. The van der Waals surface area contributed by atoms with Crippen molar-refractivity contribution in [3.05, 3.63) is 58.1 Å². The topological polar surface area (TPSA) is 155 Å². The largest absolute Gasteiger partial charge is 0.378 e. The Morgan fingerprint density at radius 2 is 2.06 bits per heavy atom. The van der Waals surface area contributed by atoms with E-state index in [2.05, 4.69) is 40.9 Å². The van der Waals surface area contributed by atoms with Gasteiger partial charge in [-0.3, -0.25) is 4.79 Å². The van der Waals surface area contributed by atoms with Crippen molar-refractivity contribution < 1.29 is 9.42 Å². The molecule has 0 bridgehead atoms. The lowest BCUT2D eigenvalue weighted by molar-refractivity contribution is 0.0949. The summed E-state index contributed by atoms with van der Waals surface area (Å²) < 4.78 is 7.55. The Bertz CT molecular complexity index is 1270. The highest BCUT2D eigenvalue weighted by Gasteiger charge is 2.23. The molecule has 4 aromatic rings. The molecule has 1 amide bonds. The number of benzene rings is 1. The summed E-state index contributed by atoms with van der Waals surface area (Å²) in [5.41, 5.74) is 10.8. The highest BCUT2D eigenvalue weighted by Crippen LogP contribution is 2.22. The fourth-order valence-electron chi connectivity index (χ4n) is 3.05. The van der Waals surface area contributed by atoms with E-state index >= 15 is 0 Å². The Labute approximate surface area is 187 Å². The van der Waals surface area contributed by atoms with Crippen molar-refractivity contribution >= 4 is 29.5 Å². The summed E-state index contributed by atoms with van der Waals surface area (Å²) in [4.78, 5) is 12.7. The molecule has 0 saturated heterocycles. The van der Waals surface area contributed by atoms with Crippen molar-refractivity contribution in [3.63, 3.8) is 0 Å². The van der Waals surface area contributed by atoms with Crippen LogP contribution in [-0.4, -0.2) is 47.2 Å². The fourth-order valence-corrected chi connectivity index (χ4v) is 3.37. The third-order valence-corrected chi connectivity index (χ3v) is 4.93. The number of anilines is 1. The van der Waals surface area contributed by atoms with Crippen molar-refractivity contribution in [1.82, 2.24) is 40.5 Å². The van der Waals surface area contributed by atoms with Crippen molar-refractivity contribution in [2.45, 2.75) is 26.7 Å². The van der Waals surface area contributed by atoms with Crippen LogP contribution in [0.3, 0.4) is 0 Å². The Balaban J connectivity index is 1.56. The molecule has 13 heteroatoms. The molecule has 0 spiro atoms. The maximum atomic E-state index is 12.7. The number of nitrogens with two attached hydrogens (primary N) is 1. The first-order chi connectivity index (χ1) is 15.5. The number of hydrazone groups is 1. The van der Waals surface area contributed by atoms with Crippen LogP contribution in [0, 0.1) is 6.92 Å². The minimum absolute atomic E-state index is 0.0396. The summed E-state index contributed by atoms with van der Waals surface area (Å²) in [7, 11) is 0. The third-order valence-electron chi connectivity index (χ3n) is 4.57. The van der Waals surface area contributed by atoms with Crippen LogP contribution in [-0.2, 0) is 6.42 Å². The monoisotopic (exact) mass is 454 g/mol. The number of amides is 1. The number of aryl methyl sites for hydroxylation is 1. The molecule has 0 atom stereocenters. The van der Waals surface area contributed by atoms with E-state index in [0.29, 0.717) is 28.5 Å². The maximum absolute atomic E-state index is 12.7. The SMILES string of the molecule is CCCc1c(C(=O)N/N=C\c2c(C)nn(-c3ccccc3)c2Cl)nnn1-c1nonc1N. The van der Waals surface area contributed by atoms with Gasteiger partial charge in [0, 0.05) is 0 Å². The van der Waals surface area contributed by atoms with Gasteiger partial charge in [0.15, 0.2) is 5.69 Å². The highest BCUT2D eigenvalue weighted by atomic mass is 35.5. The Kier molecular flexibility index (Phi) is 5.94. The predicted molar refractivity (Wildman–Crippen MR) is 116 cm³/mol. The summed E-state index contributed by atoms with van der Waals surface area (Å²) in [6, 6.07) is 9.45. The maximum Gasteiger partial charge on any atom is 0.293 e. The smallest absolute Gasteiger partial charge is 0.293 e. The van der Waals surface area contributed by atoms with Gasteiger partial charge in [-0.05, 0) is 35.8 Å². The second kappa shape index (κ2) is 8.98. The summed E-state index contributed by atoms with van der Waals surface area (Å²) in [5, 5.41) is 24.0. The second-order valence-electron chi connectivity index (χ2n) is 6.76. The molecule has 0 aliphatic heterocycles. The Morgan fingerprint density at radius 1 is 1.28 bits per heavy atom. The molecule has 4 rings (SSSR count). The minimum Gasteiger partial charge on any atom is -0.378 e. The molecule has 164 valence electrons. The molecule has 0 unspecified atom stereocenters. The van der Waals surface area contributed by atoms with E-state index in [9.17, 15) is 4.79 Å². The summed E-state index contributed by atoms with van der Waals surface area (Å²) >= 11 is 6.48. The van der Waals surface area contributed by atoms with Gasteiger partial charge in [0.1, 0.15) is 5.15 Å². The van der Waals surface area contributed by atoms with Crippen LogP contribution in [0.25, 0.3) is 11.5 Å². The third kappa shape index (κ3) is 3.95. The molecule has 1 aromatic carbocycles. The average Bonchev–Trinajstić information content (AvgIpc) is 3.47. The molecule has 0 fully saturated rings. The molecular weight excluding hydrogens is 436 g/mol. The van der Waals surface area contributed by atoms with Crippen LogP contribution in [0.1, 0.15) is 40.8 Å². The molecule has 3 heterocycles. The Morgan fingerprint density at radius 3 is 2.75 bits per heavy atom. The van der Waals surface area contributed by atoms with Gasteiger partial charge >= 0.3 is 0 Å². The predicted octanol–water partition coefficient (Wildman–Crippen LogP) is 2.10. The van der Waals surface area contributed by atoms with Gasteiger partial charge in [0.2, 0.25) is 11.6 Å². The number of para-hydroxylation sites is 1. The number of hydrogen-bond donors (Lipinski definition) is 2. The number of aromatic nitrogens is 7. The average molecular weight is 455 g/mol. The van der Waals surface area contributed by atoms with E-state index < -0.39 is 5.91 Å². The van der Waals surface area contributed by atoms with Gasteiger partial charge in [-0.25, -0.2) is 14.7 Å². The van der Waals surface area contributed by atoms with Crippen molar-refractivity contribution in [3.8, 4) is 11.5 Å². The molecule has 3 N–H and O–H groups in total. The van der Waals surface area contributed by atoms with Gasteiger partial charge in [0.25, 0.3) is 5.91 Å². The van der Waals surface area contributed by atoms with E-state index in [1.807, 2.05) is 37.3 Å². The number of carbonyl (C=O) groups is 1. The minimum atomic E-state index is -0.546. The fraction of sp³-hybridized carbons (Fsp3) is 0.211. The van der Waals surface area contributed by atoms with E-state index in [1.165, 1.54) is 10.9 Å². The number of rotatable bonds is 7. The zero-order valence-electron chi connectivity index (χ0n) is 17.2. The molecule has 0 saturated carbocycles. The standard InChI is InChI=1S/C19H19ClN10O2/c1-3-7-14-15(23-28-30(14)18-17(21)26-32-27-18)19(31)24-22-10-13-11(2)25-29(16(13)20)12-8-5-4-6-9-12/h4-6,8-10H,3,7H2,1-2H3,(H2,21,26)(H,24,31)/b22-10-. The van der Waals surface area contributed by atoms with E-state index in [1.54, 1.807) is 11.6 Å². The number of hydrogen-bond acceptors (Lipinski definition) is 9. The van der Waals surface area contributed by atoms with Gasteiger partial charge in [-0.1, -0.05) is 48.4 Å². The van der Waals surface area contributed by atoms with Crippen LogP contribution in [0.2, 0.25) is 5.15 Å². The number of nitrogens with zero attached hydrogens (tertiary/aromatic N) is 8. The number of nitrogen functional groups attached to an aromatic ring is 1. The lowest BCUT2D eigenvalue weighted by Crippen LogP contribution is -2.20. The van der Waals surface area contributed by atoms with E-state index in [0.717, 1.165) is 12.1 Å². The number of nitrogens with one attached hydrogen (secondary N) is 1. The zero-order chi connectivity index (χ0) is 22.7. The van der Waals surface area contributed by atoms with Crippen LogP contribution in [0.4, 0.5) is 5.82 Å². The van der Waals surface area contributed by atoms with Crippen LogP contribution in [0.5, 0.6) is 0 Å². The van der Waals surface area contributed by atoms with Crippen LogP contribution in [0.15, 0.2) is 40.1 Å². The summed E-state index contributed by atoms with van der Waals surface area (Å²) in [6.45, 7) is 3.76. The molecule has 32 heavy (non-hydrogen) atoms. The summed E-state index contributed by atoms with van der Waals surface area (Å²) in [6.07, 6.45) is 2.67. The Hall–Kier alpha value is -4.06. The summed E-state index contributed by atoms with van der Waals surface area (Å²) in [5.74, 6) is -0.341. The first-order valence-corrected chi connectivity index (χ1v) is 10.1. The van der Waals surface area contributed by atoms with Crippen LogP contribution < -0.4 is 11.2 Å². The van der Waals surface area contributed by atoms with Crippen LogP contribution >= 0.6 is 11.6 Å². The highest BCUT2D eigenvalue weighted by molar-refractivity contribution is 6.32.